The summed E-state index contributed by atoms with van der Waals surface area (Å²) in [6, 6.07) is 33.8. The van der Waals surface area contributed by atoms with Crippen molar-refractivity contribution in [1.29, 1.82) is 0 Å². The second-order valence-electron chi connectivity index (χ2n) is 19.5. The minimum atomic E-state index is -0.269. The molecule has 0 aliphatic heterocycles. The van der Waals surface area contributed by atoms with Crippen molar-refractivity contribution in [2.75, 3.05) is 0 Å². The number of fused-ring (bicyclic) bond motifs is 1. The number of hydrogen-bond acceptors (Lipinski definition) is 5. The number of rotatable bonds is 7. The first-order valence-electron chi connectivity index (χ1n) is 20.6. The Bertz CT molecular complexity index is 2610. The fourth-order valence-corrected chi connectivity index (χ4v) is 7.67. The van der Waals surface area contributed by atoms with Crippen LogP contribution in [0.1, 0.15) is 130 Å². The summed E-state index contributed by atoms with van der Waals surface area (Å²) in [6.45, 7) is 28.7. The van der Waals surface area contributed by atoms with Gasteiger partial charge < -0.3 is 9.67 Å². The summed E-state index contributed by atoms with van der Waals surface area (Å²) < 4.78 is 2.25. The molecule has 7 rings (SSSR count). The molecular weight excluding hydrogens is 906 g/mol. The molecule has 308 valence electrons. The molecule has 0 radical (unpaired) electrons. The van der Waals surface area contributed by atoms with Gasteiger partial charge in [0, 0.05) is 43.6 Å². The zero-order valence-corrected chi connectivity index (χ0v) is 39.2. The van der Waals surface area contributed by atoms with Crippen molar-refractivity contribution >= 4 is 11.2 Å². The largest absolute Gasteiger partial charge is 0.507 e. The second kappa shape index (κ2) is 16.3. The van der Waals surface area contributed by atoms with Crippen molar-refractivity contribution in [2.45, 2.75) is 118 Å². The smallest absolute Gasteiger partial charge is 0.173 e. The number of aromatic nitrogens is 5. The molecule has 0 unspecified atom stereocenters. The maximum atomic E-state index is 12.0. The van der Waals surface area contributed by atoms with Gasteiger partial charge in [-0.3, -0.25) is 4.98 Å². The average molecular weight is 964 g/mol. The van der Waals surface area contributed by atoms with E-state index in [1.807, 2.05) is 6.20 Å². The summed E-state index contributed by atoms with van der Waals surface area (Å²) in [5.41, 5.74) is 13.9. The summed E-state index contributed by atoms with van der Waals surface area (Å²) in [5.74, 6) is 1.45. The number of phenolic OH excluding ortho intramolecular Hbond substituents is 1. The van der Waals surface area contributed by atoms with Gasteiger partial charge in [0.25, 0.3) is 0 Å². The molecule has 1 N–H and O–H groups in total. The van der Waals surface area contributed by atoms with E-state index < -0.39 is 0 Å². The Labute approximate surface area is 365 Å². The Balaban J connectivity index is 0.00000585. The molecule has 0 atom stereocenters. The predicted molar refractivity (Wildman–Crippen MR) is 241 cm³/mol. The van der Waals surface area contributed by atoms with E-state index in [0.717, 1.165) is 61.8 Å². The van der Waals surface area contributed by atoms with Crippen LogP contribution in [0, 0.1) is 6.07 Å². The number of hydrogen-bond donors (Lipinski definition) is 1. The van der Waals surface area contributed by atoms with E-state index >= 15 is 0 Å². The number of aromatic hydroxyl groups is 1. The first-order chi connectivity index (χ1) is 27.2. The zero-order valence-electron chi connectivity index (χ0n) is 36.9. The van der Waals surface area contributed by atoms with Gasteiger partial charge >= 0.3 is 0 Å². The van der Waals surface area contributed by atoms with Crippen molar-refractivity contribution in [3.8, 4) is 56.5 Å². The number of pyridine rings is 1. The Kier molecular flexibility index (Phi) is 12.0. The van der Waals surface area contributed by atoms with Gasteiger partial charge in [0.05, 0.1) is 17.7 Å². The first-order valence-corrected chi connectivity index (χ1v) is 20.6. The van der Waals surface area contributed by atoms with Crippen molar-refractivity contribution < 1.29 is 26.2 Å². The third-order valence-electron chi connectivity index (χ3n) is 11.1. The normalized spacial score (nSPS) is 12.4. The first kappa shape index (κ1) is 43.6. The van der Waals surface area contributed by atoms with Gasteiger partial charge in [0.15, 0.2) is 5.65 Å². The maximum absolute atomic E-state index is 12.0. The SMILES string of the molecule is CC(C)c1cc(-c2ccccc2)cc(C(C)C)c1-n1c(-c2[c-]c(-c3cc(C(C)(C)C)cc(-c4cc(C(C)(C)C)cc(C(C)(C)C)c4O)n3)ccc2)nc2ncncc21.[Pt]. The van der Waals surface area contributed by atoms with Crippen LogP contribution in [-0.4, -0.2) is 29.6 Å². The molecule has 0 aliphatic rings. The summed E-state index contributed by atoms with van der Waals surface area (Å²) in [5, 5.41) is 12.0. The van der Waals surface area contributed by atoms with Crippen LogP contribution >= 0.6 is 0 Å². The van der Waals surface area contributed by atoms with Crippen LogP contribution in [0.5, 0.6) is 5.75 Å². The van der Waals surface area contributed by atoms with Gasteiger partial charge in [-0.1, -0.05) is 144 Å². The van der Waals surface area contributed by atoms with Crippen LogP contribution in [0.4, 0.5) is 0 Å². The predicted octanol–water partition coefficient (Wildman–Crippen LogP) is 13.5. The maximum Gasteiger partial charge on any atom is 0.173 e. The number of imidazole rings is 1. The minimum absolute atomic E-state index is 0. The van der Waals surface area contributed by atoms with E-state index in [9.17, 15) is 5.11 Å². The third-order valence-corrected chi connectivity index (χ3v) is 11.1. The molecule has 0 bridgehead atoms. The summed E-state index contributed by atoms with van der Waals surface area (Å²) in [6.07, 6.45) is 3.43. The Morgan fingerprint density at radius 3 is 1.81 bits per heavy atom. The fraction of sp³-hybridized carbons (Fsp3) is 0.346. The molecule has 7 heteroatoms. The molecule has 0 amide bonds. The average Bonchev–Trinajstić information content (AvgIpc) is 3.56. The molecule has 0 saturated heterocycles. The second-order valence-corrected chi connectivity index (χ2v) is 19.5. The Morgan fingerprint density at radius 1 is 0.627 bits per heavy atom. The molecule has 59 heavy (non-hydrogen) atoms. The number of benzene rings is 4. The van der Waals surface area contributed by atoms with Crippen LogP contribution in [0.15, 0.2) is 97.5 Å². The van der Waals surface area contributed by atoms with Gasteiger partial charge in [0.2, 0.25) is 0 Å². The van der Waals surface area contributed by atoms with Gasteiger partial charge in [0.1, 0.15) is 17.6 Å². The van der Waals surface area contributed by atoms with E-state index in [2.05, 4.69) is 196 Å². The molecular formula is C52H58N5OPt-. The molecule has 0 spiro atoms. The fourth-order valence-electron chi connectivity index (χ4n) is 7.67. The van der Waals surface area contributed by atoms with Gasteiger partial charge in [-0.2, -0.15) is 0 Å². The van der Waals surface area contributed by atoms with Crippen LogP contribution < -0.4 is 0 Å². The monoisotopic (exact) mass is 963 g/mol. The molecule has 7 aromatic rings. The van der Waals surface area contributed by atoms with Crippen LogP contribution in [0.3, 0.4) is 0 Å². The molecule has 0 fully saturated rings. The van der Waals surface area contributed by atoms with E-state index in [1.54, 1.807) is 6.33 Å². The summed E-state index contributed by atoms with van der Waals surface area (Å²) in [4.78, 5) is 19.7. The van der Waals surface area contributed by atoms with Crippen LogP contribution in [0.2, 0.25) is 0 Å². The summed E-state index contributed by atoms with van der Waals surface area (Å²) in [7, 11) is 0. The van der Waals surface area contributed by atoms with Crippen molar-refractivity contribution in [3.63, 3.8) is 0 Å². The zero-order chi connectivity index (χ0) is 41.9. The van der Waals surface area contributed by atoms with Crippen molar-refractivity contribution in [1.82, 2.24) is 24.5 Å². The molecule has 6 nitrogen and oxygen atoms in total. The Hall–Kier alpha value is -4.93. The summed E-state index contributed by atoms with van der Waals surface area (Å²) >= 11 is 0. The number of phenols is 1. The minimum Gasteiger partial charge on any atom is -0.507 e. The van der Waals surface area contributed by atoms with Crippen molar-refractivity contribution in [3.05, 3.63) is 131 Å². The standard InChI is InChI=1S/C52H58N5O.Pt/c1-31(2)39-23-36(33-18-15-14-16-19-33)24-40(32(3)4)46(39)57-45-29-53-30-54-48(45)56-49(57)35-21-17-20-34(22-35)43-27-38(51(8,9)10)28-44(55-43)41-25-37(50(5,6)7)26-42(47(41)58)52(11,12)13;/h14-21,23-32,58H,1-13H3;/q-1;. The van der Waals surface area contributed by atoms with Crippen LogP contribution in [-0.2, 0) is 37.3 Å². The van der Waals surface area contributed by atoms with E-state index in [1.165, 1.54) is 22.3 Å². The van der Waals surface area contributed by atoms with Gasteiger partial charge in [-0.15, -0.1) is 24.3 Å². The molecule has 4 aromatic carbocycles. The van der Waals surface area contributed by atoms with E-state index in [4.69, 9.17) is 9.97 Å². The molecule has 0 saturated carbocycles. The quantitative estimate of drug-likeness (QED) is 0.161. The molecule has 3 aromatic heterocycles. The van der Waals surface area contributed by atoms with Gasteiger partial charge in [-0.25, -0.2) is 15.0 Å². The Morgan fingerprint density at radius 2 is 1.22 bits per heavy atom. The molecule has 3 heterocycles. The molecule has 0 aliphatic carbocycles. The van der Waals surface area contributed by atoms with Gasteiger partial charge in [-0.05, 0) is 85.7 Å². The number of nitrogens with zero attached hydrogens (tertiary/aromatic N) is 5. The third kappa shape index (κ3) is 8.71. The van der Waals surface area contributed by atoms with E-state index in [0.29, 0.717) is 5.65 Å². The van der Waals surface area contributed by atoms with E-state index in [-0.39, 0.29) is 54.9 Å². The van der Waals surface area contributed by atoms with Crippen molar-refractivity contribution in [2.24, 2.45) is 0 Å². The van der Waals surface area contributed by atoms with Crippen LogP contribution in [0.25, 0.3) is 61.9 Å². The topological polar surface area (TPSA) is 76.7 Å².